The van der Waals surface area contributed by atoms with Crippen molar-refractivity contribution in [3.8, 4) is 0 Å². The van der Waals surface area contributed by atoms with E-state index < -0.39 is 5.37 Å². The van der Waals surface area contributed by atoms with E-state index in [1.54, 1.807) is 14.2 Å². The fourth-order valence-electron chi connectivity index (χ4n) is 1.00. The van der Waals surface area contributed by atoms with Crippen molar-refractivity contribution >= 4 is 17.0 Å². The summed E-state index contributed by atoms with van der Waals surface area (Å²) >= 11 is 5.39. The summed E-state index contributed by atoms with van der Waals surface area (Å²) in [5.41, 5.74) is 0. The highest BCUT2D eigenvalue weighted by molar-refractivity contribution is 6.62. The van der Waals surface area contributed by atoms with Crippen LogP contribution in [0.2, 0.25) is 0 Å². The molecule has 0 aromatic heterocycles. The topological polar surface area (TPSA) is 38.8 Å². The summed E-state index contributed by atoms with van der Waals surface area (Å²) in [5, 5.41) is -0.471. The normalized spacial score (nSPS) is 12.6. The molecule has 0 heterocycles. The van der Waals surface area contributed by atoms with Gasteiger partial charge in [-0.3, -0.25) is 4.79 Å². The Kier molecular flexibility index (Phi) is 6.94. The molecule has 1 unspecified atom stereocenters. The zero-order valence-electron chi connectivity index (χ0n) is 8.25. The lowest BCUT2D eigenvalue weighted by Gasteiger charge is -2.25. The molecule has 78 valence electrons. The van der Waals surface area contributed by atoms with E-state index in [2.05, 4.69) is 0 Å². The Balaban J connectivity index is 3.99. The lowest BCUT2D eigenvalue weighted by atomic mass is 10.3. The molecular weight excluding hydrogens is 194 g/mol. The van der Waals surface area contributed by atoms with Gasteiger partial charge in [-0.2, -0.15) is 0 Å². The Labute approximate surface area is 83.7 Å². The standard InChI is InChI=1S/C8H16ClNO3/c1-7(6-13-3)10(8(9)11)4-5-12-2/h7H,4-6H2,1-3H3. The third-order valence-electron chi connectivity index (χ3n) is 1.70. The summed E-state index contributed by atoms with van der Waals surface area (Å²) in [5.74, 6) is 0. The van der Waals surface area contributed by atoms with Crippen LogP contribution in [0.15, 0.2) is 0 Å². The Bertz CT molecular complexity index is 154. The van der Waals surface area contributed by atoms with Gasteiger partial charge in [0.2, 0.25) is 0 Å². The second-order valence-corrected chi connectivity index (χ2v) is 3.07. The molecule has 0 spiro atoms. The van der Waals surface area contributed by atoms with Gasteiger partial charge in [0.05, 0.1) is 19.3 Å². The number of ether oxygens (including phenoxy) is 2. The lowest BCUT2D eigenvalue weighted by molar-refractivity contribution is 0.0988. The lowest BCUT2D eigenvalue weighted by Crippen LogP contribution is -2.40. The minimum atomic E-state index is -0.471. The van der Waals surface area contributed by atoms with Crippen molar-refractivity contribution < 1.29 is 14.3 Å². The number of nitrogens with zero attached hydrogens (tertiary/aromatic N) is 1. The first-order valence-electron chi connectivity index (χ1n) is 4.07. The van der Waals surface area contributed by atoms with E-state index in [0.29, 0.717) is 19.8 Å². The molecule has 0 bridgehead atoms. The second-order valence-electron chi connectivity index (χ2n) is 2.74. The number of carbonyl (C=O) groups excluding carboxylic acids is 1. The number of hydrogen-bond acceptors (Lipinski definition) is 3. The predicted octanol–water partition coefficient (Wildman–Crippen LogP) is 1.33. The summed E-state index contributed by atoms with van der Waals surface area (Å²) in [7, 11) is 3.17. The average Bonchev–Trinajstić information content (AvgIpc) is 2.05. The van der Waals surface area contributed by atoms with Gasteiger partial charge in [0.25, 0.3) is 0 Å². The third kappa shape index (κ3) is 5.08. The molecule has 0 saturated heterocycles. The van der Waals surface area contributed by atoms with E-state index >= 15 is 0 Å². The van der Waals surface area contributed by atoms with Crippen LogP contribution in [0.1, 0.15) is 6.92 Å². The summed E-state index contributed by atoms with van der Waals surface area (Å²) in [6.07, 6.45) is 0. The van der Waals surface area contributed by atoms with E-state index in [-0.39, 0.29) is 6.04 Å². The molecule has 13 heavy (non-hydrogen) atoms. The van der Waals surface area contributed by atoms with Crippen molar-refractivity contribution in [3.05, 3.63) is 0 Å². The van der Waals surface area contributed by atoms with Crippen LogP contribution in [0.3, 0.4) is 0 Å². The smallest absolute Gasteiger partial charge is 0.316 e. The van der Waals surface area contributed by atoms with Crippen molar-refractivity contribution in [2.45, 2.75) is 13.0 Å². The third-order valence-corrected chi connectivity index (χ3v) is 1.92. The van der Waals surface area contributed by atoms with Crippen LogP contribution in [0.4, 0.5) is 4.79 Å². The Morgan fingerprint density at radius 3 is 2.46 bits per heavy atom. The van der Waals surface area contributed by atoms with Crippen molar-refractivity contribution in [1.82, 2.24) is 4.90 Å². The average molecular weight is 210 g/mol. The van der Waals surface area contributed by atoms with Gasteiger partial charge >= 0.3 is 5.37 Å². The Morgan fingerprint density at radius 1 is 1.46 bits per heavy atom. The van der Waals surface area contributed by atoms with Crippen molar-refractivity contribution in [2.24, 2.45) is 0 Å². The molecule has 4 nitrogen and oxygen atoms in total. The summed E-state index contributed by atoms with van der Waals surface area (Å²) in [4.78, 5) is 12.5. The van der Waals surface area contributed by atoms with E-state index in [4.69, 9.17) is 21.1 Å². The van der Waals surface area contributed by atoms with Crippen LogP contribution < -0.4 is 0 Å². The first kappa shape index (κ1) is 12.7. The minimum absolute atomic E-state index is 0.0230. The molecule has 0 N–H and O–H groups in total. The van der Waals surface area contributed by atoms with E-state index in [9.17, 15) is 4.79 Å². The number of halogens is 1. The molecule has 0 aliphatic heterocycles. The second kappa shape index (κ2) is 7.12. The molecule has 0 aromatic rings. The number of amides is 1. The van der Waals surface area contributed by atoms with E-state index in [1.807, 2.05) is 6.92 Å². The summed E-state index contributed by atoms with van der Waals surface area (Å²) in [6, 6.07) is -0.0230. The molecule has 1 amide bonds. The van der Waals surface area contributed by atoms with Crippen molar-refractivity contribution in [2.75, 3.05) is 34.0 Å². The van der Waals surface area contributed by atoms with Gasteiger partial charge in [0, 0.05) is 20.8 Å². The molecule has 1 atom stereocenters. The van der Waals surface area contributed by atoms with Gasteiger partial charge in [0.1, 0.15) is 0 Å². The predicted molar refractivity (Wildman–Crippen MR) is 51.2 cm³/mol. The van der Waals surface area contributed by atoms with Crippen molar-refractivity contribution in [1.29, 1.82) is 0 Å². The van der Waals surface area contributed by atoms with Crippen LogP contribution in [0, 0.1) is 0 Å². The van der Waals surface area contributed by atoms with Gasteiger partial charge in [-0.1, -0.05) is 0 Å². The quantitative estimate of drug-likeness (QED) is 0.489. The van der Waals surface area contributed by atoms with Gasteiger partial charge in [-0.05, 0) is 18.5 Å². The highest BCUT2D eigenvalue weighted by atomic mass is 35.5. The van der Waals surface area contributed by atoms with Gasteiger partial charge in [0.15, 0.2) is 0 Å². The highest BCUT2D eigenvalue weighted by Crippen LogP contribution is 2.04. The maximum Gasteiger partial charge on any atom is 0.316 e. The fraction of sp³-hybridized carbons (Fsp3) is 0.875. The molecule has 0 aliphatic carbocycles. The Morgan fingerprint density at radius 2 is 2.08 bits per heavy atom. The van der Waals surface area contributed by atoms with Gasteiger partial charge in [-0.15, -0.1) is 0 Å². The number of hydrogen-bond donors (Lipinski definition) is 0. The van der Waals surface area contributed by atoms with Gasteiger partial charge < -0.3 is 14.4 Å². The first-order chi connectivity index (χ1) is 6.13. The summed E-state index contributed by atoms with van der Waals surface area (Å²) < 4.78 is 9.78. The van der Waals surface area contributed by atoms with Crippen LogP contribution in [0.5, 0.6) is 0 Å². The molecule has 5 heteroatoms. The van der Waals surface area contributed by atoms with Crippen molar-refractivity contribution in [3.63, 3.8) is 0 Å². The van der Waals surface area contributed by atoms with Crippen LogP contribution in [-0.2, 0) is 9.47 Å². The number of rotatable bonds is 6. The van der Waals surface area contributed by atoms with Crippen LogP contribution in [-0.4, -0.2) is 50.3 Å². The fourth-order valence-corrected chi connectivity index (χ4v) is 1.25. The Hall–Kier alpha value is -0.320. The zero-order valence-corrected chi connectivity index (χ0v) is 9.00. The summed E-state index contributed by atoms with van der Waals surface area (Å²) in [6.45, 7) is 3.32. The zero-order chi connectivity index (χ0) is 10.3. The monoisotopic (exact) mass is 209 g/mol. The number of methoxy groups -OCH3 is 2. The van der Waals surface area contributed by atoms with Crippen LogP contribution >= 0.6 is 11.6 Å². The minimum Gasteiger partial charge on any atom is -0.383 e. The largest absolute Gasteiger partial charge is 0.383 e. The maximum atomic E-state index is 10.9. The van der Waals surface area contributed by atoms with E-state index in [0.717, 1.165) is 0 Å². The molecule has 0 aliphatic rings. The molecule has 0 rings (SSSR count). The molecule has 0 saturated carbocycles. The van der Waals surface area contributed by atoms with Gasteiger partial charge in [-0.25, -0.2) is 0 Å². The SMILES string of the molecule is COCCN(C(=O)Cl)C(C)COC. The number of carbonyl (C=O) groups is 1. The van der Waals surface area contributed by atoms with Crippen LogP contribution in [0.25, 0.3) is 0 Å². The molecule has 0 radical (unpaired) electrons. The molecule has 0 fully saturated rings. The first-order valence-corrected chi connectivity index (χ1v) is 4.45. The van der Waals surface area contributed by atoms with E-state index in [1.165, 1.54) is 4.90 Å². The maximum absolute atomic E-state index is 10.9. The molecular formula is C8H16ClNO3. The molecule has 0 aromatic carbocycles. The highest BCUT2D eigenvalue weighted by Gasteiger charge is 2.17.